The number of anilines is 2. The van der Waals surface area contributed by atoms with Crippen molar-refractivity contribution >= 4 is 34.8 Å². The minimum Gasteiger partial charge on any atom is -0.326 e. The van der Waals surface area contributed by atoms with Crippen LogP contribution in [0.1, 0.15) is 28.8 Å². The second-order valence-corrected chi connectivity index (χ2v) is 7.34. The van der Waals surface area contributed by atoms with Crippen LogP contribution in [0.2, 0.25) is 5.02 Å². The third-order valence-corrected chi connectivity index (χ3v) is 5.07. The molecule has 1 aromatic carbocycles. The molecule has 2 heterocycles. The third kappa shape index (κ3) is 4.83. The lowest BCUT2D eigenvalue weighted by Crippen LogP contribution is -2.25. The fourth-order valence-electron chi connectivity index (χ4n) is 2.87. The number of rotatable bonds is 6. The summed E-state index contributed by atoms with van der Waals surface area (Å²) in [6.45, 7) is 5.95. The Bertz CT molecular complexity index is 1060. The third-order valence-electron chi connectivity index (χ3n) is 4.52. The zero-order chi connectivity index (χ0) is 21.1. The highest BCUT2D eigenvalue weighted by atomic mass is 35.5. The van der Waals surface area contributed by atoms with E-state index < -0.39 is 0 Å². The summed E-state index contributed by atoms with van der Waals surface area (Å²) >= 11 is 6.17. The SMILES string of the molecule is Cc1nn(CC(C)C(=O)Nc2cccc(NC(=O)c3ccn(C)n3)c2)c(C)c1Cl. The Morgan fingerprint density at radius 2 is 1.83 bits per heavy atom. The predicted octanol–water partition coefficient (Wildman–Crippen LogP) is 3.41. The highest BCUT2D eigenvalue weighted by molar-refractivity contribution is 6.31. The standard InChI is InChI=1S/C20H23ClN6O2/c1-12(11-27-14(3)18(21)13(2)24-27)19(28)22-15-6-5-7-16(10-15)23-20(29)17-8-9-26(4)25-17/h5-10,12H,11H2,1-4H3,(H,22,28)(H,23,29). The second-order valence-electron chi connectivity index (χ2n) is 6.97. The van der Waals surface area contributed by atoms with Gasteiger partial charge in [-0.05, 0) is 38.1 Å². The van der Waals surface area contributed by atoms with Crippen LogP contribution in [0.15, 0.2) is 36.5 Å². The summed E-state index contributed by atoms with van der Waals surface area (Å²) in [4.78, 5) is 24.8. The summed E-state index contributed by atoms with van der Waals surface area (Å²) in [6, 6.07) is 8.60. The van der Waals surface area contributed by atoms with E-state index in [9.17, 15) is 9.59 Å². The molecule has 3 aromatic rings. The van der Waals surface area contributed by atoms with Gasteiger partial charge in [0, 0.05) is 24.6 Å². The second kappa shape index (κ2) is 8.48. The van der Waals surface area contributed by atoms with Gasteiger partial charge in [-0.25, -0.2) is 0 Å². The van der Waals surface area contributed by atoms with Crippen molar-refractivity contribution in [1.29, 1.82) is 0 Å². The molecule has 8 nitrogen and oxygen atoms in total. The number of benzene rings is 1. The molecule has 29 heavy (non-hydrogen) atoms. The summed E-state index contributed by atoms with van der Waals surface area (Å²) in [5.74, 6) is -0.790. The molecule has 2 N–H and O–H groups in total. The van der Waals surface area contributed by atoms with Crippen molar-refractivity contribution in [3.8, 4) is 0 Å². The highest BCUT2D eigenvalue weighted by Gasteiger charge is 2.18. The number of carbonyl (C=O) groups is 2. The van der Waals surface area contributed by atoms with Crippen molar-refractivity contribution in [2.75, 3.05) is 10.6 Å². The Hall–Kier alpha value is -3.13. The van der Waals surface area contributed by atoms with Gasteiger partial charge in [0.15, 0.2) is 5.69 Å². The van der Waals surface area contributed by atoms with Crippen molar-refractivity contribution in [2.24, 2.45) is 13.0 Å². The Labute approximate surface area is 173 Å². The molecule has 2 aromatic heterocycles. The van der Waals surface area contributed by atoms with Crippen LogP contribution in [0.3, 0.4) is 0 Å². The van der Waals surface area contributed by atoms with Gasteiger partial charge in [0.05, 0.1) is 28.9 Å². The monoisotopic (exact) mass is 414 g/mol. The molecular weight excluding hydrogens is 392 g/mol. The smallest absolute Gasteiger partial charge is 0.276 e. The molecule has 0 aliphatic heterocycles. The fourth-order valence-corrected chi connectivity index (χ4v) is 3.00. The van der Waals surface area contributed by atoms with Gasteiger partial charge in [0.2, 0.25) is 5.91 Å². The van der Waals surface area contributed by atoms with E-state index in [2.05, 4.69) is 20.8 Å². The van der Waals surface area contributed by atoms with Gasteiger partial charge in [-0.1, -0.05) is 24.6 Å². The van der Waals surface area contributed by atoms with Gasteiger partial charge in [-0.3, -0.25) is 19.0 Å². The molecule has 0 saturated heterocycles. The molecule has 9 heteroatoms. The normalized spacial score (nSPS) is 11.9. The van der Waals surface area contributed by atoms with Gasteiger partial charge >= 0.3 is 0 Å². The van der Waals surface area contributed by atoms with E-state index in [4.69, 9.17) is 11.6 Å². The first kappa shape index (κ1) is 20.6. The van der Waals surface area contributed by atoms with Crippen LogP contribution in [-0.4, -0.2) is 31.4 Å². The number of hydrogen-bond acceptors (Lipinski definition) is 4. The molecule has 152 valence electrons. The van der Waals surface area contributed by atoms with Gasteiger partial charge in [-0.15, -0.1) is 0 Å². The first-order valence-corrected chi connectivity index (χ1v) is 9.54. The molecule has 1 atom stereocenters. The molecular formula is C20H23ClN6O2. The summed E-state index contributed by atoms with van der Waals surface area (Å²) in [5, 5.41) is 14.7. The van der Waals surface area contributed by atoms with E-state index in [0.29, 0.717) is 28.6 Å². The molecule has 0 fully saturated rings. The number of nitrogens with one attached hydrogen (secondary N) is 2. The van der Waals surface area contributed by atoms with E-state index in [0.717, 1.165) is 11.4 Å². The van der Waals surface area contributed by atoms with Crippen LogP contribution in [0.25, 0.3) is 0 Å². The molecule has 0 aliphatic carbocycles. The largest absolute Gasteiger partial charge is 0.326 e. The molecule has 0 aliphatic rings. The molecule has 0 radical (unpaired) electrons. The van der Waals surface area contributed by atoms with E-state index in [-0.39, 0.29) is 17.7 Å². The minimum atomic E-state index is -0.323. The van der Waals surface area contributed by atoms with E-state index in [1.165, 1.54) is 0 Å². The van der Waals surface area contributed by atoms with Crippen molar-refractivity contribution < 1.29 is 9.59 Å². The molecule has 3 rings (SSSR count). The molecule has 2 amide bonds. The van der Waals surface area contributed by atoms with Crippen molar-refractivity contribution in [3.63, 3.8) is 0 Å². The predicted molar refractivity (Wildman–Crippen MR) is 112 cm³/mol. The molecule has 0 spiro atoms. The Kier molecular flexibility index (Phi) is 6.03. The number of halogens is 1. The minimum absolute atomic E-state index is 0.151. The van der Waals surface area contributed by atoms with Crippen LogP contribution >= 0.6 is 11.6 Å². The number of aromatic nitrogens is 4. The Balaban J connectivity index is 1.63. The van der Waals surface area contributed by atoms with Crippen molar-refractivity contribution in [1.82, 2.24) is 19.6 Å². The maximum Gasteiger partial charge on any atom is 0.276 e. The van der Waals surface area contributed by atoms with Crippen LogP contribution in [0.5, 0.6) is 0 Å². The average Bonchev–Trinajstić information content (AvgIpc) is 3.21. The molecule has 1 unspecified atom stereocenters. The summed E-state index contributed by atoms with van der Waals surface area (Å²) in [7, 11) is 1.74. The van der Waals surface area contributed by atoms with E-state index in [1.807, 2.05) is 20.8 Å². The van der Waals surface area contributed by atoms with Crippen molar-refractivity contribution in [3.05, 3.63) is 58.6 Å². The highest BCUT2D eigenvalue weighted by Crippen LogP contribution is 2.21. The van der Waals surface area contributed by atoms with Gasteiger partial charge in [0.1, 0.15) is 0 Å². The maximum atomic E-state index is 12.6. The molecule has 0 saturated carbocycles. The maximum absolute atomic E-state index is 12.6. The van der Waals surface area contributed by atoms with Crippen LogP contribution in [0.4, 0.5) is 11.4 Å². The summed E-state index contributed by atoms with van der Waals surface area (Å²) in [6.07, 6.45) is 1.70. The fraction of sp³-hybridized carbons (Fsp3) is 0.300. The lowest BCUT2D eigenvalue weighted by atomic mass is 10.1. The first-order valence-electron chi connectivity index (χ1n) is 9.16. The molecule has 0 bridgehead atoms. The topological polar surface area (TPSA) is 93.8 Å². The number of nitrogens with zero attached hydrogens (tertiary/aromatic N) is 4. The van der Waals surface area contributed by atoms with Crippen LogP contribution in [0, 0.1) is 19.8 Å². The number of aryl methyl sites for hydroxylation is 2. The lowest BCUT2D eigenvalue weighted by molar-refractivity contribution is -0.119. The summed E-state index contributed by atoms with van der Waals surface area (Å²) < 4.78 is 3.30. The van der Waals surface area contributed by atoms with Gasteiger partial charge < -0.3 is 10.6 Å². The lowest BCUT2D eigenvalue weighted by Gasteiger charge is -2.14. The Morgan fingerprint density at radius 1 is 1.14 bits per heavy atom. The Morgan fingerprint density at radius 3 is 2.41 bits per heavy atom. The van der Waals surface area contributed by atoms with Gasteiger partial charge in [-0.2, -0.15) is 10.2 Å². The quantitative estimate of drug-likeness (QED) is 0.646. The van der Waals surface area contributed by atoms with Gasteiger partial charge in [0.25, 0.3) is 5.91 Å². The zero-order valence-electron chi connectivity index (χ0n) is 16.7. The first-order chi connectivity index (χ1) is 13.7. The number of carbonyl (C=O) groups excluding carboxylic acids is 2. The van der Waals surface area contributed by atoms with E-state index >= 15 is 0 Å². The van der Waals surface area contributed by atoms with Crippen molar-refractivity contribution in [2.45, 2.75) is 27.3 Å². The number of hydrogen-bond donors (Lipinski definition) is 2. The van der Waals surface area contributed by atoms with E-state index in [1.54, 1.807) is 52.9 Å². The number of amides is 2. The van der Waals surface area contributed by atoms with Crippen LogP contribution < -0.4 is 10.6 Å². The van der Waals surface area contributed by atoms with Crippen LogP contribution in [-0.2, 0) is 18.4 Å². The average molecular weight is 415 g/mol. The zero-order valence-corrected chi connectivity index (χ0v) is 17.5. The summed E-state index contributed by atoms with van der Waals surface area (Å²) in [5.41, 5.74) is 3.05.